The molecular weight excluding hydrogens is 212 g/mol. The fraction of sp³-hybridized carbons (Fsp3) is 0.500. The van der Waals surface area contributed by atoms with Crippen LogP contribution in [-0.2, 0) is 6.54 Å². The van der Waals surface area contributed by atoms with Crippen molar-refractivity contribution in [2.75, 3.05) is 31.9 Å². The first kappa shape index (κ1) is 10.7. The topological polar surface area (TPSA) is 54.2 Å². The Morgan fingerprint density at radius 3 is 2.93 bits per heavy atom. The van der Waals surface area contributed by atoms with Crippen LogP contribution < -0.4 is 11.1 Å². The molecule has 0 spiro atoms. The van der Waals surface area contributed by atoms with Crippen LogP contribution in [0.2, 0.25) is 5.02 Å². The number of hydrogen-bond acceptors (Lipinski definition) is 4. The third-order valence-electron chi connectivity index (χ3n) is 2.57. The maximum absolute atomic E-state index is 5.89. The van der Waals surface area contributed by atoms with E-state index in [-0.39, 0.29) is 0 Å². The standard InChI is InChI=1S/C10H15ClN4/c11-9-5-8(10(12)14-6-9)7-15-3-1-13-2-4-15/h5-6,13H,1-4,7H2,(H2,12,14). The zero-order valence-corrected chi connectivity index (χ0v) is 9.30. The van der Waals surface area contributed by atoms with Crippen molar-refractivity contribution in [1.29, 1.82) is 0 Å². The molecule has 2 heterocycles. The Bertz CT molecular complexity index is 336. The predicted octanol–water partition coefficient (Wildman–Crippen LogP) is 0.722. The first-order chi connectivity index (χ1) is 7.25. The Labute approximate surface area is 94.4 Å². The van der Waals surface area contributed by atoms with Crippen LogP contribution in [0.1, 0.15) is 5.56 Å². The van der Waals surface area contributed by atoms with Gasteiger partial charge in [0.2, 0.25) is 0 Å². The smallest absolute Gasteiger partial charge is 0.127 e. The number of hydrogen-bond donors (Lipinski definition) is 2. The third kappa shape index (κ3) is 2.81. The molecule has 1 fully saturated rings. The van der Waals surface area contributed by atoms with Crippen molar-refractivity contribution < 1.29 is 0 Å². The van der Waals surface area contributed by atoms with E-state index in [0.29, 0.717) is 10.8 Å². The molecule has 3 N–H and O–H groups in total. The van der Waals surface area contributed by atoms with E-state index < -0.39 is 0 Å². The number of halogens is 1. The summed E-state index contributed by atoms with van der Waals surface area (Å²) in [6.45, 7) is 5.00. The van der Waals surface area contributed by atoms with Crippen LogP contribution >= 0.6 is 11.6 Å². The third-order valence-corrected chi connectivity index (χ3v) is 2.78. The van der Waals surface area contributed by atoms with Gasteiger partial charge in [0.25, 0.3) is 0 Å². The summed E-state index contributed by atoms with van der Waals surface area (Å²) in [6, 6.07) is 1.89. The maximum Gasteiger partial charge on any atom is 0.127 e. The molecule has 2 rings (SSSR count). The lowest BCUT2D eigenvalue weighted by Crippen LogP contribution is -2.43. The molecule has 0 atom stereocenters. The lowest BCUT2D eigenvalue weighted by Gasteiger charge is -2.27. The van der Waals surface area contributed by atoms with Crippen LogP contribution in [0.5, 0.6) is 0 Å². The number of rotatable bonds is 2. The van der Waals surface area contributed by atoms with Gasteiger partial charge in [0.1, 0.15) is 5.82 Å². The Morgan fingerprint density at radius 2 is 2.20 bits per heavy atom. The zero-order chi connectivity index (χ0) is 10.7. The summed E-state index contributed by atoms with van der Waals surface area (Å²) in [4.78, 5) is 6.40. The van der Waals surface area contributed by atoms with Crippen LogP contribution in [0, 0.1) is 0 Å². The average molecular weight is 227 g/mol. The second-order valence-electron chi connectivity index (χ2n) is 3.72. The molecule has 0 amide bonds. The fourth-order valence-corrected chi connectivity index (χ4v) is 1.91. The number of nitrogens with zero attached hydrogens (tertiary/aromatic N) is 2. The number of aromatic nitrogens is 1. The van der Waals surface area contributed by atoms with Gasteiger partial charge in [0.05, 0.1) is 5.02 Å². The fourth-order valence-electron chi connectivity index (χ4n) is 1.73. The Balaban J connectivity index is 2.05. The van der Waals surface area contributed by atoms with E-state index in [4.69, 9.17) is 17.3 Å². The molecule has 4 nitrogen and oxygen atoms in total. The summed E-state index contributed by atoms with van der Waals surface area (Å²) in [5.41, 5.74) is 6.81. The molecule has 1 aliphatic heterocycles. The number of anilines is 1. The summed E-state index contributed by atoms with van der Waals surface area (Å²) < 4.78 is 0. The van der Waals surface area contributed by atoms with Crippen molar-refractivity contribution in [1.82, 2.24) is 15.2 Å². The minimum atomic E-state index is 0.581. The monoisotopic (exact) mass is 226 g/mol. The summed E-state index contributed by atoms with van der Waals surface area (Å²) in [6.07, 6.45) is 1.58. The molecule has 0 aromatic carbocycles. The summed E-state index contributed by atoms with van der Waals surface area (Å²) in [5, 5.41) is 3.96. The van der Waals surface area contributed by atoms with Crippen molar-refractivity contribution in [2.24, 2.45) is 0 Å². The summed E-state index contributed by atoms with van der Waals surface area (Å²) >= 11 is 5.89. The van der Waals surface area contributed by atoms with E-state index in [9.17, 15) is 0 Å². The van der Waals surface area contributed by atoms with Crippen LogP contribution in [0.25, 0.3) is 0 Å². The maximum atomic E-state index is 5.89. The highest BCUT2D eigenvalue weighted by Crippen LogP contribution is 2.16. The second kappa shape index (κ2) is 4.79. The van der Waals surface area contributed by atoms with Gasteiger partial charge in [0.15, 0.2) is 0 Å². The average Bonchev–Trinajstić information content (AvgIpc) is 2.25. The molecule has 15 heavy (non-hydrogen) atoms. The molecule has 0 radical (unpaired) electrons. The molecular formula is C10H15ClN4. The quantitative estimate of drug-likeness (QED) is 0.781. The van der Waals surface area contributed by atoms with E-state index in [1.807, 2.05) is 6.07 Å². The second-order valence-corrected chi connectivity index (χ2v) is 4.16. The van der Waals surface area contributed by atoms with Crippen LogP contribution in [0.15, 0.2) is 12.3 Å². The Kier molecular flexibility index (Phi) is 3.41. The van der Waals surface area contributed by atoms with Gasteiger partial charge in [-0.2, -0.15) is 0 Å². The predicted molar refractivity (Wildman–Crippen MR) is 61.8 cm³/mol. The lowest BCUT2D eigenvalue weighted by atomic mass is 10.2. The van der Waals surface area contributed by atoms with Gasteiger partial charge in [-0.15, -0.1) is 0 Å². The molecule has 0 bridgehead atoms. The molecule has 0 aliphatic carbocycles. The van der Waals surface area contributed by atoms with Crippen molar-refractivity contribution in [2.45, 2.75) is 6.54 Å². The molecule has 0 unspecified atom stereocenters. The molecule has 82 valence electrons. The van der Waals surface area contributed by atoms with Crippen LogP contribution in [0.3, 0.4) is 0 Å². The zero-order valence-electron chi connectivity index (χ0n) is 8.54. The number of pyridine rings is 1. The minimum absolute atomic E-state index is 0.581. The van der Waals surface area contributed by atoms with Gasteiger partial charge in [-0.25, -0.2) is 4.98 Å². The summed E-state index contributed by atoms with van der Waals surface area (Å²) in [7, 11) is 0. The van der Waals surface area contributed by atoms with Gasteiger partial charge in [-0.05, 0) is 6.07 Å². The molecule has 1 saturated heterocycles. The van der Waals surface area contributed by atoms with Gasteiger partial charge >= 0.3 is 0 Å². The normalized spacial score (nSPS) is 17.9. The van der Waals surface area contributed by atoms with E-state index in [2.05, 4.69) is 15.2 Å². The van der Waals surface area contributed by atoms with Gasteiger partial charge in [-0.1, -0.05) is 11.6 Å². The highest BCUT2D eigenvalue weighted by molar-refractivity contribution is 6.30. The van der Waals surface area contributed by atoms with Crippen molar-refractivity contribution in [3.63, 3.8) is 0 Å². The highest BCUT2D eigenvalue weighted by atomic mass is 35.5. The Hall–Kier alpha value is -0.840. The highest BCUT2D eigenvalue weighted by Gasteiger charge is 2.11. The van der Waals surface area contributed by atoms with Gasteiger partial charge < -0.3 is 11.1 Å². The number of nitrogen functional groups attached to an aromatic ring is 1. The van der Waals surface area contributed by atoms with E-state index >= 15 is 0 Å². The van der Waals surface area contributed by atoms with E-state index in [1.165, 1.54) is 0 Å². The van der Waals surface area contributed by atoms with Gasteiger partial charge in [-0.3, -0.25) is 4.90 Å². The Morgan fingerprint density at radius 1 is 1.47 bits per heavy atom. The molecule has 1 aromatic heterocycles. The molecule has 1 aliphatic rings. The number of piperazine rings is 1. The van der Waals surface area contributed by atoms with Crippen molar-refractivity contribution >= 4 is 17.4 Å². The van der Waals surface area contributed by atoms with Crippen LogP contribution in [-0.4, -0.2) is 36.1 Å². The molecule has 5 heteroatoms. The van der Waals surface area contributed by atoms with Crippen LogP contribution in [0.4, 0.5) is 5.82 Å². The number of nitrogens with two attached hydrogens (primary N) is 1. The van der Waals surface area contributed by atoms with E-state index in [1.54, 1.807) is 6.20 Å². The van der Waals surface area contributed by atoms with Crippen molar-refractivity contribution in [3.8, 4) is 0 Å². The molecule has 1 aromatic rings. The number of nitrogens with one attached hydrogen (secondary N) is 1. The summed E-state index contributed by atoms with van der Waals surface area (Å²) in [5.74, 6) is 0.581. The first-order valence-corrected chi connectivity index (χ1v) is 5.46. The lowest BCUT2D eigenvalue weighted by molar-refractivity contribution is 0.233. The minimum Gasteiger partial charge on any atom is -0.383 e. The first-order valence-electron chi connectivity index (χ1n) is 5.08. The largest absolute Gasteiger partial charge is 0.383 e. The van der Waals surface area contributed by atoms with Crippen molar-refractivity contribution in [3.05, 3.63) is 22.8 Å². The van der Waals surface area contributed by atoms with Gasteiger partial charge in [0, 0.05) is 44.5 Å². The SMILES string of the molecule is Nc1ncc(Cl)cc1CN1CCNCC1. The van der Waals surface area contributed by atoms with E-state index in [0.717, 1.165) is 38.3 Å². The molecule has 0 saturated carbocycles.